The highest BCUT2D eigenvalue weighted by atomic mass is 79.9. The minimum atomic E-state index is -0.829. The second-order valence-corrected chi connectivity index (χ2v) is 5.82. The van der Waals surface area contributed by atoms with Gasteiger partial charge in [-0.3, -0.25) is 14.5 Å². The van der Waals surface area contributed by atoms with Gasteiger partial charge < -0.3 is 10.0 Å². The minimum Gasteiger partial charge on any atom is -0.481 e. The van der Waals surface area contributed by atoms with Crippen molar-refractivity contribution in [3.8, 4) is 0 Å². The summed E-state index contributed by atoms with van der Waals surface area (Å²) in [6.07, 6.45) is 0.0915. The summed E-state index contributed by atoms with van der Waals surface area (Å²) in [6.45, 7) is 2.64. The highest BCUT2D eigenvalue weighted by Crippen LogP contribution is 2.18. The van der Waals surface area contributed by atoms with Crippen molar-refractivity contribution in [3.63, 3.8) is 0 Å². The first-order valence-electron chi connectivity index (χ1n) is 6.66. The second-order valence-electron chi connectivity index (χ2n) is 4.90. The Morgan fingerprint density at radius 2 is 1.90 bits per heavy atom. The van der Waals surface area contributed by atoms with Crippen LogP contribution in [-0.2, 0) is 4.79 Å². The Labute approximate surface area is 130 Å². The number of amides is 1. The first-order valence-corrected chi connectivity index (χ1v) is 7.45. The normalized spacial score (nSPS) is 16.0. The van der Waals surface area contributed by atoms with Crippen LogP contribution in [0.3, 0.4) is 0 Å². The maximum absolute atomic E-state index is 13.7. The fourth-order valence-corrected chi connectivity index (χ4v) is 2.62. The van der Waals surface area contributed by atoms with E-state index in [1.807, 2.05) is 4.90 Å². The Hall–Kier alpha value is -1.47. The van der Waals surface area contributed by atoms with E-state index in [4.69, 9.17) is 5.11 Å². The monoisotopic (exact) mass is 358 g/mol. The molecule has 0 bridgehead atoms. The molecule has 1 aliphatic heterocycles. The van der Waals surface area contributed by atoms with Gasteiger partial charge in [-0.25, -0.2) is 4.39 Å². The van der Waals surface area contributed by atoms with Crippen molar-refractivity contribution in [1.82, 2.24) is 9.80 Å². The van der Waals surface area contributed by atoms with Crippen molar-refractivity contribution in [2.24, 2.45) is 0 Å². The molecule has 0 unspecified atom stereocenters. The third-order valence-corrected chi connectivity index (χ3v) is 3.95. The van der Waals surface area contributed by atoms with Crippen molar-refractivity contribution < 1.29 is 19.1 Å². The highest BCUT2D eigenvalue weighted by Gasteiger charge is 2.24. The van der Waals surface area contributed by atoms with Gasteiger partial charge in [-0.1, -0.05) is 15.9 Å². The largest absolute Gasteiger partial charge is 0.481 e. The van der Waals surface area contributed by atoms with Gasteiger partial charge in [0, 0.05) is 37.2 Å². The van der Waals surface area contributed by atoms with Gasteiger partial charge in [-0.2, -0.15) is 0 Å². The fraction of sp³-hybridized carbons (Fsp3) is 0.429. The zero-order chi connectivity index (χ0) is 15.4. The molecule has 0 saturated carbocycles. The summed E-state index contributed by atoms with van der Waals surface area (Å²) in [4.78, 5) is 26.4. The van der Waals surface area contributed by atoms with E-state index >= 15 is 0 Å². The molecule has 5 nitrogen and oxygen atoms in total. The number of nitrogens with zero attached hydrogens (tertiary/aromatic N) is 2. The third-order valence-electron chi connectivity index (χ3n) is 3.46. The van der Waals surface area contributed by atoms with Crippen LogP contribution in [0, 0.1) is 5.82 Å². The molecule has 7 heteroatoms. The number of benzene rings is 1. The van der Waals surface area contributed by atoms with E-state index in [9.17, 15) is 14.0 Å². The van der Waals surface area contributed by atoms with Crippen LogP contribution >= 0.6 is 15.9 Å². The number of halogens is 2. The van der Waals surface area contributed by atoms with Crippen LogP contribution in [0.1, 0.15) is 16.8 Å². The second kappa shape index (κ2) is 7.00. The predicted molar refractivity (Wildman–Crippen MR) is 78.7 cm³/mol. The lowest BCUT2D eigenvalue weighted by atomic mass is 10.1. The minimum absolute atomic E-state index is 0.0587. The lowest BCUT2D eigenvalue weighted by Gasteiger charge is -2.34. The van der Waals surface area contributed by atoms with Crippen LogP contribution in [0.25, 0.3) is 0 Å². The first-order chi connectivity index (χ1) is 9.97. The third kappa shape index (κ3) is 4.25. The van der Waals surface area contributed by atoms with Crippen LogP contribution in [0.15, 0.2) is 22.7 Å². The van der Waals surface area contributed by atoms with Gasteiger partial charge in [-0.15, -0.1) is 0 Å². The molecule has 0 radical (unpaired) electrons. The molecular weight excluding hydrogens is 343 g/mol. The number of rotatable bonds is 4. The smallest absolute Gasteiger partial charge is 0.304 e. The van der Waals surface area contributed by atoms with Gasteiger partial charge in [0.2, 0.25) is 0 Å². The van der Waals surface area contributed by atoms with Gasteiger partial charge in [-0.05, 0) is 18.2 Å². The molecule has 1 aromatic carbocycles. The highest BCUT2D eigenvalue weighted by molar-refractivity contribution is 9.10. The Morgan fingerprint density at radius 1 is 1.24 bits per heavy atom. The fourth-order valence-electron chi connectivity index (χ4n) is 2.26. The molecule has 1 heterocycles. The molecule has 2 rings (SSSR count). The molecule has 0 aromatic heterocycles. The molecule has 0 atom stereocenters. The molecule has 21 heavy (non-hydrogen) atoms. The predicted octanol–water partition coefficient (Wildman–Crippen LogP) is 1.82. The molecule has 1 amide bonds. The van der Waals surface area contributed by atoms with Gasteiger partial charge in [0.15, 0.2) is 0 Å². The molecule has 1 N–H and O–H groups in total. The average Bonchev–Trinajstić information content (AvgIpc) is 2.47. The van der Waals surface area contributed by atoms with Crippen LogP contribution in [0.5, 0.6) is 0 Å². The van der Waals surface area contributed by atoms with E-state index in [-0.39, 0.29) is 17.9 Å². The Bertz CT molecular complexity index is 545. The van der Waals surface area contributed by atoms with E-state index in [0.29, 0.717) is 37.2 Å². The molecule has 0 spiro atoms. The van der Waals surface area contributed by atoms with Gasteiger partial charge in [0.05, 0.1) is 12.0 Å². The number of hydrogen-bond acceptors (Lipinski definition) is 3. The summed E-state index contributed by atoms with van der Waals surface area (Å²) in [5.74, 6) is -1.69. The summed E-state index contributed by atoms with van der Waals surface area (Å²) in [5.41, 5.74) is 0.0587. The molecule has 1 saturated heterocycles. The zero-order valence-electron chi connectivity index (χ0n) is 11.4. The lowest BCUT2D eigenvalue weighted by molar-refractivity contribution is -0.137. The molecule has 114 valence electrons. The van der Waals surface area contributed by atoms with Crippen LogP contribution in [0.4, 0.5) is 4.39 Å². The Balaban J connectivity index is 1.94. The Morgan fingerprint density at radius 3 is 2.52 bits per heavy atom. The standard InChI is InChI=1S/C14H16BrFN2O3/c15-10-1-2-12(16)11(9-10)14(21)18-7-5-17(6-8-18)4-3-13(19)20/h1-2,9H,3-8H2,(H,19,20). The molecule has 1 aromatic rings. The van der Waals surface area contributed by atoms with E-state index in [2.05, 4.69) is 15.9 Å². The molecule has 1 fully saturated rings. The molecular formula is C14H16BrFN2O3. The number of aliphatic carboxylic acids is 1. The number of hydrogen-bond donors (Lipinski definition) is 1. The first kappa shape index (κ1) is 15.9. The van der Waals surface area contributed by atoms with E-state index < -0.39 is 11.8 Å². The zero-order valence-corrected chi connectivity index (χ0v) is 13.0. The SMILES string of the molecule is O=C(O)CCN1CCN(C(=O)c2cc(Br)ccc2F)CC1. The molecule has 0 aliphatic carbocycles. The molecule has 1 aliphatic rings. The average molecular weight is 359 g/mol. The van der Waals surface area contributed by atoms with E-state index in [1.54, 1.807) is 11.0 Å². The van der Waals surface area contributed by atoms with Crippen LogP contribution < -0.4 is 0 Å². The van der Waals surface area contributed by atoms with E-state index in [1.165, 1.54) is 12.1 Å². The number of piperazine rings is 1. The summed E-state index contributed by atoms with van der Waals surface area (Å²) in [6, 6.07) is 4.30. The van der Waals surface area contributed by atoms with Crippen molar-refractivity contribution in [3.05, 3.63) is 34.1 Å². The Kier molecular flexibility index (Phi) is 5.30. The summed E-state index contributed by atoms with van der Waals surface area (Å²) in [5, 5.41) is 8.65. The van der Waals surface area contributed by atoms with Gasteiger partial charge >= 0.3 is 5.97 Å². The van der Waals surface area contributed by atoms with Gasteiger partial charge in [0.25, 0.3) is 5.91 Å². The van der Waals surface area contributed by atoms with E-state index in [0.717, 1.165) is 0 Å². The lowest BCUT2D eigenvalue weighted by Crippen LogP contribution is -2.49. The quantitative estimate of drug-likeness (QED) is 0.891. The van der Waals surface area contributed by atoms with Crippen LogP contribution in [-0.4, -0.2) is 59.5 Å². The van der Waals surface area contributed by atoms with Crippen molar-refractivity contribution in [2.75, 3.05) is 32.7 Å². The summed E-state index contributed by atoms with van der Waals surface area (Å²) >= 11 is 3.23. The number of carboxylic acids is 1. The van der Waals surface area contributed by atoms with Crippen molar-refractivity contribution in [2.45, 2.75) is 6.42 Å². The summed E-state index contributed by atoms with van der Waals surface area (Å²) in [7, 11) is 0. The van der Waals surface area contributed by atoms with Gasteiger partial charge in [0.1, 0.15) is 5.82 Å². The summed E-state index contributed by atoms with van der Waals surface area (Å²) < 4.78 is 14.4. The maximum Gasteiger partial charge on any atom is 0.304 e. The number of carbonyl (C=O) groups is 2. The van der Waals surface area contributed by atoms with Crippen molar-refractivity contribution in [1.29, 1.82) is 0 Å². The topological polar surface area (TPSA) is 60.9 Å². The van der Waals surface area contributed by atoms with Crippen molar-refractivity contribution >= 4 is 27.8 Å². The number of carboxylic acid groups (broad SMARTS) is 1. The maximum atomic E-state index is 13.7. The van der Waals surface area contributed by atoms with Crippen LogP contribution in [0.2, 0.25) is 0 Å². The number of carbonyl (C=O) groups excluding carboxylic acids is 1.